The summed E-state index contributed by atoms with van der Waals surface area (Å²) in [4.78, 5) is 37.8. The lowest BCUT2D eigenvalue weighted by atomic mass is 9.93. The molecule has 0 spiro atoms. The minimum atomic E-state index is -3.54. The normalized spacial score (nSPS) is 13.0. The lowest BCUT2D eigenvalue weighted by molar-refractivity contribution is -0.110. The standard InChI is InChI=1S/C29H29N3O5S.C21H18N2O3/c1-5-15-37-21-11-13-24-23(16-21)27(20-9-7-19(8-10-20)18(3)4)32-28(30-24)29(34)31-25-17-22(12-14-26(25)33)38(35,36)6-2;1-4-11-26-16-9-10-18-17(12-16)19(23-20(22-18)21(24)25)15-7-5-14(6-8-15)13(2)3/h1,7-14,16-18,27,33H,6,15H2,2-4H3,(H,30,32)(H,31,34);1,5-10,12-13H,11H2,2-3H3,(H,24,25). The summed E-state index contributed by atoms with van der Waals surface area (Å²) in [5.74, 6) is 4.40. The highest BCUT2D eigenvalue weighted by Crippen LogP contribution is 2.38. The van der Waals surface area contributed by atoms with Crippen LogP contribution in [-0.2, 0) is 14.6 Å². The van der Waals surface area contributed by atoms with Crippen LogP contribution in [0.2, 0.25) is 0 Å². The average Bonchev–Trinajstić information content (AvgIpc) is 3.30. The van der Waals surface area contributed by atoms with Crippen molar-refractivity contribution in [2.75, 3.05) is 29.6 Å². The highest BCUT2D eigenvalue weighted by Gasteiger charge is 2.28. The zero-order valence-corrected chi connectivity index (χ0v) is 36.7. The molecule has 5 aromatic carbocycles. The Morgan fingerprint density at radius 3 is 2.02 bits per heavy atom. The Kier molecular flexibility index (Phi) is 14.3. The zero-order chi connectivity index (χ0) is 46.1. The maximum Gasteiger partial charge on any atom is 0.373 e. The van der Waals surface area contributed by atoms with E-state index in [0.29, 0.717) is 45.6 Å². The first kappa shape index (κ1) is 45.8. The van der Waals surface area contributed by atoms with E-state index in [2.05, 4.69) is 60.1 Å². The predicted octanol–water partition coefficient (Wildman–Crippen LogP) is 9.00. The van der Waals surface area contributed by atoms with Crippen molar-refractivity contribution in [3.8, 4) is 53.2 Å². The number of fused-ring (bicyclic) bond motifs is 2. The summed E-state index contributed by atoms with van der Waals surface area (Å²) in [7, 11) is -3.54. The van der Waals surface area contributed by atoms with E-state index in [1.54, 1.807) is 30.3 Å². The molecule has 1 amide bonds. The third kappa shape index (κ3) is 10.7. The Morgan fingerprint density at radius 1 is 0.812 bits per heavy atom. The van der Waals surface area contributed by atoms with Crippen molar-refractivity contribution in [2.24, 2.45) is 4.99 Å². The monoisotopic (exact) mass is 877 g/mol. The van der Waals surface area contributed by atoms with E-state index >= 15 is 0 Å². The molecular weight excluding hydrogens is 831 g/mol. The van der Waals surface area contributed by atoms with Crippen molar-refractivity contribution >= 4 is 49.8 Å². The number of carbonyl (C=O) groups excluding carboxylic acids is 1. The second kappa shape index (κ2) is 20.0. The molecule has 2 heterocycles. The summed E-state index contributed by atoms with van der Waals surface area (Å²) in [6, 6.07) is 29.8. The molecule has 1 aliphatic heterocycles. The molecule has 1 aliphatic rings. The van der Waals surface area contributed by atoms with Crippen LogP contribution in [0.1, 0.15) is 85.4 Å². The highest BCUT2D eigenvalue weighted by molar-refractivity contribution is 7.91. The summed E-state index contributed by atoms with van der Waals surface area (Å²) < 4.78 is 35.7. The molecule has 1 aromatic heterocycles. The van der Waals surface area contributed by atoms with Gasteiger partial charge in [-0.2, -0.15) is 0 Å². The van der Waals surface area contributed by atoms with Gasteiger partial charge in [0.1, 0.15) is 36.5 Å². The van der Waals surface area contributed by atoms with Crippen LogP contribution in [0.4, 0.5) is 11.4 Å². The minimum Gasteiger partial charge on any atom is -0.506 e. The molecule has 0 saturated heterocycles. The van der Waals surface area contributed by atoms with Gasteiger partial charge in [-0.15, -0.1) is 12.8 Å². The molecule has 13 nitrogen and oxygen atoms in total. The van der Waals surface area contributed by atoms with Crippen molar-refractivity contribution in [2.45, 2.75) is 57.4 Å². The molecule has 0 bridgehead atoms. The molecule has 1 atom stereocenters. The van der Waals surface area contributed by atoms with E-state index in [0.717, 1.165) is 16.7 Å². The number of nitrogens with zero attached hydrogens (tertiary/aromatic N) is 3. The van der Waals surface area contributed by atoms with Gasteiger partial charge in [-0.3, -0.25) is 9.79 Å². The van der Waals surface area contributed by atoms with Gasteiger partial charge in [0, 0.05) is 22.2 Å². The number of carboxylic acids is 1. The summed E-state index contributed by atoms with van der Waals surface area (Å²) >= 11 is 0. The van der Waals surface area contributed by atoms with E-state index in [4.69, 9.17) is 27.3 Å². The van der Waals surface area contributed by atoms with E-state index in [1.165, 1.54) is 36.2 Å². The number of hydrogen-bond donors (Lipinski definition) is 4. The van der Waals surface area contributed by atoms with Gasteiger partial charge in [-0.25, -0.2) is 23.2 Å². The van der Waals surface area contributed by atoms with Gasteiger partial charge in [0.2, 0.25) is 5.82 Å². The molecule has 0 saturated carbocycles. The number of aromatic carboxylic acids is 1. The van der Waals surface area contributed by atoms with Gasteiger partial charge in [0.15, 0.2) is 15.7 Å². The van der Waals surface area contributed by atoms with Crippen LogP contribution in [-0.4, -0.2) is 65.3 Å². The first-order valence-corrected chi connectivity index (χ1v) is 22.0. The Bertz CT molecular complexity index is 2930. The number of aromatic nitrogens is 2. The number of hydrogen-bond acceptors (Lipinski definition) is 11. The Morgan fingerprint density at radius 2 is 1.42 bits per heavy atom. The van der Waals surface area contributed by atoms with Gasteiger partial charge in [-0.1, -0.05) is 95.0 Å². The number of carbonyl (C=O) groups is 2. The Labute approximate surface area is 372 Å². The molecule has 1 unspecified atom stereocenters. The molecule has 0 fully saturated rings. The Balaban J connectivity index is 0.000000228. The highest BCUT2D eigenvalue weighted by atomic mass is 32.2. The molecule has 4 N–H and O–H groups in total. The maximum absolute atomic E-state index is 13.3. The van der Waals surface area contributed by atoms with Gasteiger partial charge < -0.3 is 30.3 Å². The van der Waals surface area contributed by atoms with E-state index in [-0.39, 0.29) is 47.0 Å². The van der Waals surface area contributed by atoms with Crippen LogP contribution in [0.25, 0.3) is 22.2 Å². The van der Waals surface area contributed by atoms with E-state index in [1.807, 2.05) is 54.6 Å². The summed E-state index contributed by atoms with van der Waals surface area (Å²) in [6.45, 7) is 10.3. The second-order valence-corrected chi connectivity index (χ2v) is 17.5. The predicted molar refractivity (Wildman–Crippen MR) is 249 cm³/mol. The van der Waals surface area contributed by atoms with Gasteiger partial charge in [-0.05, 0) is 83.1 Å². The number of amidine groups is 1. The van der Waals surface area contributed by atoms with Gasteiger partial charge >= 0.3 is 5.97 Å². The van der Waals surface area contributed by atoms with Crippen LogP contribution >= 0.6 is 0 Å². The number of ether oxygens (including phenoxy) is 2. The molecular formula is C50H47N5O8S. The van der Waals surface area contributed by atoms with Crippen molar-refractivity contribution in [3.05, 3.63) is 131 Å². The van der Waals surface area contributed by atoms with Crippen molar-refractivity contribution < 1.29 is 37.7 Å². The quantitative estimate of drug-likeness (QED) is 0.0640. The summed E-state index contributed by atoms with van der Waals surface area (Å²) in [5, 5.41) is 26.0. The number of aliphatic imine (C=N–C) groups is 1. The number of carboxylic acid groups (broad SMARTS) is 1. The number of rotatable bonds is 13. The number of phenols is 1. The van der Waals surface area contributed by atoms with Gasteiger partial charge in [0.25, 0.3) is 5.91 Å². The minimum absolute atomic E-state index is 0.000366. The van der Waals surface area contributed by atoms with Gasteiger partial charge in [0.05, 0.1) is 27.5 Å². The number of nitrogens with one attached hydrogen (secondary N) is 2. The fourth-order valence-corrected chi connectivity index (χ4v) is 7.61. The van der Waals surface area contributed by atoms with Crippen LogP contribution in [0.3, 0.4) is 0 Å². The molecule has 326 valence electrons. The third-order valence-corrected chi connectivity index (χ3v) is 12.0. The number of amides is 1. The molecule has 14 heteroatoms. The Hall–Kier alpha value is -7.68. The third-order valence-electron chi connectivity index (χ3n) is 10.3. The smallest absolute Gasteiger partial charge is 0.373 e. The van der Waals surface area contributed by atoms with Crippen molar-refractivity contribution in [3.63, 3.8) is 0 Å². The number of anilines is 2. The van der Waals surface area contributed by atoms with Crippen molar-refractivity contribution in [1.29, 1.82) is 0 Å². The molecule has 64 heavy (non-hydrogen) atoms. The number of sulfone groups is 1. The average molecular weight is 878 g/mol. The zero-order valence-electron chi connectivity index (χ0n) is 35.9. The van der Waals surface area contributed by atoms with E-state index < -0.39 is 27.8 Å². The molecule has 0 radical (unpaired) electrons. The fourth-order valence-electron chi connectivity index (χ4n) is 6.71. The van der Waals surface area contributed by atoms with E-state index in [9.17, 15) is 28.2 Å². The van der Waals surface area contributed by atoms with Crippen molar-refractivity contribution in [1.82, 2.24) is 9.97 Å². The topological polar surface area (TPSA) is 189 Å². The SMILES string of the molecule is C#CCOc1ccc2c(c1)C(c1ccc(C(C)C)cc1)N=C(C(=O)Nc1cc(S(=O)(=O)CC)ccc1O)N2.C#CCOc1ccc2nc(C(=O)O)nc(-c3ccc(C(C)C)cc3)c2c1. The lowest BCUT2D eigenvalue weighted by Crippen LogP contribution is -2.33. The number of benzene rings is 5. The summed E-state index contributed by atoms with van der Waals surface area (Å²) in [5.41, 5.74) is 6.57. The number of aromatic hydroxyl groups is 1. The van der Waals surface area contributed by atoms with Crippen LogP contribution in [0.5, 0.6) is 17.2 Å². The van der Waals surface area contributed by atoms with Crippen LogP contribution in [0, 0.1) is 24.7 Å². The lowest BCUT2D eigenvalue weighted by Gasteiger charge is -2.26. The van der Waals surface area contributed by atoms with Crippen LogP contribution in [0.15, 0.2) is 113 Å². The number of phenolic OH excluding ortho intramolecular Hbond substituents is 1. The second-order valence-electron chi connectivity index (χ2n) is 15.3. The largest absolute Gasteiger partial charge is 0.506 e. The first-order chi connectivity index (χ1) is 30.6. The first-order valence-electron chi connectivity index (χ1n) is 20.4. The number of terminal acetylenes is 2. The molecule has 7 rings (SSSR count). The molecule has 0 aliphatic carbocycles. The van der Waals surface area contributed by atoms with Crippen LogP contribution < -0.4 is 20.1 Å². The summed E-state index contributed by atoms with van der Waals surface area (Å²) in [6.07, 6.45) is 10.6. The molecule has 6 aromatic rings. The maximum atomic E-state index is 13.3. The fraction of sp³-hybridized carbons (Fsp3) is 0.220.